The van der Waals surface area contributed by atoms with Crippen LogP contribution in [0.3, 0.4) is 0 Å². The van der Waals surface area contributed by atoms with Gasteiger partial charge in [-0.2, -0.15) is 13.2 Å². The fraction of sp³-hybridized carbons (Fsp3) is 0.611. The van der Waals surface area contributed by atoms with Gasteiger partial charge in [-0.3, -0.25) is 9.69 Å². The Hall–Kier alpha value is -1.76. The first kappa shape index (κ1) is 19.6. The average Bonchev–Trinajstić information content (AvgIpc) is 2.59. The van der Waals surface area contributed by atoms with Crippen molar-refractivity contribution in [1.82, 2.24) is 4.90 Å². The zero-order chi connectivity index (χ0) is 18.4. The summed E-state index contributed by atoms with van der Waals surface area (Å²) in [6.45, 7) is 7.53. The highest BCUT2D eigenvalue weighted by Gasteiger charge is 2.31. The van der Waals surface area contributed by atoms with Crippen LogP contribution >= 0.6 is 0 Å². The van der Waals surface area contributed by atoms with Crippen molar-refractivity contribution in [2.45, 2.75) is 26.4 Å². The summed E-state index contributed by atoms with van der Waals surface area (Å²) < 4.78 is 43.6. The molecule has 4 nitrogen and oxygen atoms in total. The largest absolute Gasteiger partial charge is 0.465 e. The van der Waals surface area contributed by atoms with E-state index in [4.69, 9.17) is 4.74 Å². The molecule has 0 saturated carbocycles. The number of carbonyl (C=O) groups is 1. The van der Waals surface area contributed by atoms with Crippen LogP contribution in [0.4, 0.5) is 18.9 Å². The quantitative estimate of drug-likeness (QED) is 0.730. The van der Waals surface area contributed by atoms with Gasteiger partial charge >= 0.3 is 12.1 Å². The molecular weight excluding hydrogens is 333 g/mol. The fourth-order valence-electron chi connectivity index (χ4n) is 2.87. The minimum atomic E-state index is -4.33. The van der Waals surface area contributed by atoms with E-state index < -0.39 is 11.7 Å². The van der Waals surface area contributed by atoms with Crippen LogP contribution in [0.2, 0.25) is 0 Å². The van der Waals surface area contributed by atoms with Crippen molar-refractivity contribution in [2.24, 2.45) is 5.92 Å². The molecule has 1 atom stereocenters. The van der Waals surface area contributed by atoms with Crippen LogP contribution in [0.5, 0.6) is 0 Å². The molecular formula is C18H25F3N2O2. The molecule has 7 heteroatoms. The van der Waals surface area contributed by atoms with Crippen LogP contribution in [-0.2, 0) is 15.7 Å². The molecule has 1 unspecified atom stereocenters. The summed E-state index contributed by atoms with van der Waals surface area (Å²) in [5.41, 5.74) is -0.0374. The summed E-state index contributed by atoms with van der Waals surface area (Å²) in [4.78, 5) is 15.9. The van der Waals surface area contributed by atoms with E-state index >= 15 is 0 Å². The summed E-state index contributed by atoms with van der Waals surface area (Å²) in [6, 6.07) is 5.43. The monoisotopic (exact) mass is 358 g/mol. The molecule has 1 saturated heterocycles. The number of hydrogen-bond donors (Lipinski definition) is 0. The van der Waals surface area contributed by atoms with Gasteiger partial charge in [-0.1, -0.05) is 19.9 Å². The van der Waals surface area contributed by atoms with E-state index in [1.165, 1.54) is 12.1 Å². The molecule has 0 bridgehead atoms. The van der Waals surface area contributed by atoms with Crippen LogP contribution in [0.25, 0.3) is 0 Å². The van der Waals surface area contributed by atoms with Crippen molar-refractivity contribution in [1.29, 1.82) is 0 Å². The second kappa shape index (κ2) is 8.56. The molecule has 0 aliphatic carbocycles. The maximum absolute atomic E-state index is 12.8. The predicted octanol–water partition coefficient (Wildman–Crippen LogP) is 3.42. The van der Waals surface area contributed by atoms with Crippen LogP contribution in [-0.4, -0.2) is 50.2 Å². The number of esters is 1. The number of carbonyl (C=O) groups excluding carboxylic acids is 1. The number of nitrogens with zero attached hydrogens (tertiary/aromatic N) is 2. The van der Waals surface area contributed by atoms with Gasteiger partial charge in [-0.15, -0.1) is 0 Å². The SMILES string of the molecule is CCCOC(=O)C(C)CN1CCN(c2cccc(C(F)(F)F)c2)CC1. The third-order valence-corrected chi connectivity index (χ3v) is 4.29. The number of anilines is 1. The van der Waals surface area contributed by atoms with Crippen LogP contribution in [0, 0.1) is 5.92 Å². The Morgan fingerprint density at radius 1 is 1.24 bits per heavy atom. The first-order valence-electron chi connectivity index (χ1n) is 8.62. The molecule has 0 radical (unpaired) electrons. The first-order valence-corrected chi connectivity index (χ1v) is 8.62. The van der Waals surface area contributed by atoms with E-state index in [1.54, 1.807) is 6.07 Å². The third-order valence-electron chi connectivity index (χ3n) is 4.29. The lowest BCUT2D eigenvalue weighted by Crippen LogP contribution is -2.48. The maximum Gasteiger partial charge on any atom is 0.416 e. The van der Waals surface area contributed by atoms with Crippen molar-refractivity contribution in [3.63, 3.8) is 0 Å². The van der Waals surface area contributed by atoms with Gasteiger partial charge in [0.05, 0.1) is 18.1 Å². The number of piperazine rings is 1. The normalized spacial score (nSPS) is 17.4. The minimum Gasteiger partial charge on any atom is -0.465 e. The molecule has 1 aromatic rings. The lowest BCUT2D eigenvalue weighted by atomic mass is 10.1. The lowest BCUT2D eigenvalue weighted by Gasteiger charge is -2.37. The van der Waals surface area contributed by atoms with Crippen LogP contribution in [0.15, 0.2) is 24.3 Å². The van der Waals surface area contributed by atoms with Gasteiger partial charge in [-0.05, 0) is 24.6 Å². The molecule has 1 aliphatic rings. The molecule has 1 aliphatic heterocycles. The second-order valence-electron chi connectivity index (χ2n) is 6.40. The zero-order valence-electron chi connectivity index (χ0n) is 14.7. The Morgan fingerprint density at radius 2 is 1.92 bits per heavy atom. The van der Waals surface area contributed by atoms with E-state index in [-0.39, 0.29) is 11.9 Å². The lowest BCUT2D eigenvalue weighted by molar-refractivity contribution is -0.148. The van der Waals surface area contributed by atoms with Crippen molar-refractivity contribution in [2.75, 3.05) is 44.2 Å². The standard InChI is InChI=1S/C18H25F3N2O2/c1-3-11-25-17(24)14(2)13-22-7-9-23(10-8-22)16-6-4-5-15(12-16)18(19,20)21/h4-6,12,14H,3,7-11,13H2,1-2H3. The summed E-state index contributed by atoms with van der Waals surface area (Å²) in [5.74, 6) is -0.395. The van der Waals surface area contributed by atoms with Crippen LogP contribution < -0.4 is 4.90 Å². The average molecular weight is 358 g/mol. The summed E-state index contributed by atoms with van der Waals surface area (Å²) in [7, 11) is 0. The van der Waals surface area contributed by atoms with Crippen molar-refractivity contribution in [3.05, 3.63) is 29.8 Å². The van der Waals surface area contributed by atoms with Gasteiger partial charge < -0.3 is 9.64 Å². The second-order valence-corrected chi connectivity index (χ2v) is 6.40. The molecule has 140 valence electrons. The molecule has 1 fully saturated rings. The molecule has 1 aromatic carbocycles. The predicted molar refractivity (Wildman–Crippen MR) is 90.5 cm³/mol. The summed E-state index contributed by atoms with van der Waals surface area (Å²) in [5, 5.41) is 0. The number of ether oxygens (including phenoxy) is 1. The third kappa shape index (κ3) is 5.63. The highest BCUT2D eigenvalue weighted by molar-refractivity contribution is 5.72. The Labute approximate surface area is 146 Å². The van der Waals surface area contributed by atoms with Gasteiger partial charge in [-0.25, -0.2) is 0 Å². The highest BCUT2D eigenvalue weighted by atomic mass is 19.4. The smallest absolute Gasteiger partial charge is 0.416 e. The Morgan fingerprint density at radius 3 is 2.52 bits per heavy atom. The van der Waals surface area contributed by atoms with E-state index in [2.05, 4.69) is 4.90 Å². The molecule has 2 rings (SSSR count). The first-order chi connectivity index (χ1) is 11.8. The molecule has 0 N–H and O–H groups in total. The van der Waals surface area contributed by atoms with Crippen LogP contribution in [0.1, 0.15) is 25.8 Å². The molecule has 0 aromatic heterocycles. The Kier molecular flexibility index (Phi) is 6.70. The number of hydrogen-bond acceptors (Lipinski definition) is 4. The van der Waals surface area contributed by atoms with E-state index in [1.807, 2.05) is 18.7 Å². The summed E-state index contributed by atoms with van der Waals surface area (Å²) in [6.07, 6.45) is -3.53. The fourth-order valence-corrected chi connectivity index (χ4v) is 2.87. The number of rotatable bonds is 6. The molecule has 1 heterocycles. The van der Waals surface area contributed by atoms with E-state index in [9.17, 15) is 18.0 Å². The minimum absolute atomic E-state index is 0.192. The van der Waals surface area contributed by atoms with Crippen molar-refractivity contribution < 1.29 is 22.7 Å². The maximum atomic E-state index is 12.8. The molecule has 25 heavy (non-hydrogen) atoms. The van der Waals surface area contributed by atoms with Gasteiger partial charge in [0.15, 0.2) is 0 Å². The zero-order valence-corrected chi connectivity index (χ0v) is 14.7. The highest BCUT2D eigenvalue weighted by Crippen LogP contribution is 2.31. The topological polar surface area (TPSA) is 32.8 Å². The van der Waals surface area contributed by atoms with Gasteiger partial charge in [0, 0.05) is 38.4 Å². The van der Waals surface area contributed by atoms with Crippen molar-refractivity contribution >= 4 is 11.7 Å². The Balaban J connectivity index is 1.86. The van der Waals surface area contributed by atoms with E-state index in [0.29, 0.717) is 45.0 Å². The molecule has 0 spiro atoms. The number of benzene rings is 1. The van der Waals surface area contributed by atoms with Gasteiger partial charge in [0.1, 0.15) is 0 Å². The van der Waals surface area contributed by atoms with Gasteiger partial charge in [0.2, 0.25) is 0 Å². The van der Waals surface area contributed by atoms with Gasteiger partial charge in [0.25, 0.3) is 0 Å². The number of halogens is 3. The Bertz CT molecular complexity index is 570. The molecule has 0 amide bonds. The van der Waals surface area contributed by atoms with Crippen molar-refractivity contribution in [3.8, 4) is 0 Å². The number of alkyl halides is 3. The van der Waals surface area contributed by atoms with E-state index in [0.717, 1.165) is 12.5 Å². The summed E-state index contributed by atoms with van der Waals surface area (Å²) >= 11 is 0.